The summed E-state index contributed by atoms with van der Waals surface area (Å²) < 4.78 is 26.9. The highest BCUT2D eigenvalue weighted by Crippen LogP contribution is 2.38. The van der Waals surface area contributed by atoms with Crippen LogP contribution in [0.2, 0.25) is 0 Å². The third-order valence-corrected chi connectivity index (χ3v) is 7.93. The van der Waals surface area contributed by atoms with Gasteiger partial charge in [-0.3, -0.25) is 0 Å². The van der Waals surface area contributed by atoms with Gasteiger partial charge in [-0.05, 0) is 101 Å². The Morgan fingerprint density at radius 1 is 1.14 bits per heavy atom. The van der Waals surface area contributed by atoms with Gasteiger partial charge in [0.1, 0.15) is 0 Å². The Bertz CT molecular complexity index is 922. The molecule has 7 heteroatoms. The lowest BCUT2D eigenvalue weighted by atomic mass is 9.95. The van der Waals surface area contributed by atoms with Crippen molar-refractivity contribution in [3.8, 4) is 0 Å². The largest absolute Gasteiger partial charge is 0.333 e. The second kappa shape index (κ2) is 7.76. The Labute approximate surface area is 173 Å². The van der Waals surface area contributed by atoms with Gasteiger partial charge in [0.2, 0.25) is 0 Å². The number of hydrogen-bond donors (Lipinski definition) is 2. The zero-order chi connectivity index (χ0) is 20.6. The number of nitrogens with one attached hydrogen (secondary N) is 2. The molecule has 4 rings (SSSR count). The number of fused-ring (bicyclic) bond motifs is 2. The first-order chi connectivity index (χ1) is 13.8. The van der Waals surface area contributed by atoms with Gasteiger partial charge < -0.3 is 10.2 Å². The molecule has 1 saturated heterocycles. The van der Waals surface area contributed by atoms with Crippen LogP contribution in [0.1, 0.15) is 61.3 Å². The first-order valence-corrected chi connectivity index (χ1v) is 12.2. The van der Waals surface area contributed by atoms with Gasteiger partial charge in [0.15, 0.2) is 0 Å². The molecule has 2 N–H and O–H groups in total. The molecule has 6 nitrogen and oxygen atoms in total. The number of urea groups is 1. The van der Waals surface area contributed by atoms with Crippen molar-refractivity contribution in [1.29, 1.82) is 0 Å². The minimum absolute atomic E-state index is 0.0145. The molecule has 0 radical (unpaired) electrons. The van der Waals surface area contributed by atoms with Crippen LogP contribution in [0.25, 0.3) is 0 Å². The molecule has 0 spiro atoms. The number of benzene rings is 1. The molecule has 1 atom stereocenters. The summed E-state index contributed by atoms with van der Waals surface area (Å²) in [6.07, 6.45) is 10.6. The van der Waals surface area contributed by atoms with Gasteiger partial charge in [0.25, 0.3) is 10.0 Å². The van der Waals surface area contributed by atoms with E-state index >= 15 is 0 Å². The van der Waals surface area contributed by atoms with E-state index in [-0.39, 0.29) is 5.54 Å². The fraction of sp³-hybridized carbons (Fsp3) is 0.591. The fourth-order valence-electron chi connectivity index (χ4n) is 5.11. The van der Waals surface area contributed by atoms with E-state index in [1.165, 1.54) is 22.3 Å². The molecule has 2 amide bonds. The highest BCUT2D eigenvalue weighted by atomic mass is 32.2. The van der Waals surface area contributed by atoms with Gasteiger partial charge in [-0.25, -0.2) is 17.9 Å². The van der Waals surface area contributed by atoms with Gasteiger partial charge >= 0.3 is 6.03 Å². The van der Waals surface area contributed by atoms with Crippen LogP contribution in [-0.4, -0.2) is 38.5 Å². The van der Waals surface area contributed by atoms with Gasteiger partial charge in [0, 0.05) is 16.6 Å². The second-order valence-electron chi connectivity index (χ2n) is 8.93. The molecule has 0 unspecified atom stereocenters. The molecule has 3 aliphatic rings. The van der Waals surface area contributed by atoms with Crippen LogP contribution < -0.4 is 10.0 Å². The molecular formula is C22H31N3O3S. The summed E-state index contributed by atoms with van der Waals surface area (Å²) in [6, 6.07) is 1.61. The van der Waals surface area contributed by atoms with E-state index in [9.17, 15) is 13.2 Å². The zero-order valence-electron chi connectivity index (χ0n) is 17.4. The lowest BCUT2D eigenvalue weighted by Crippen LogP contribution is -2.37. The average Bonchev–Trinajstić information content (AvgIpc) is 3.35. The summed E-state index contributed by atoms with van der Waals surface area (Å²) in [5.41, 5.74) is 5.82. The number of hydrogen-bond acceptors (Lipinski definition) is 4. The van der Waals surface area contributed by atoms with Crippen LogP contribution in [0, 0.1) is 0 Å². The Morgan fingerprint density at radius 2 is 1.79 bits per heavy atom. The summed E-state index contributed by atoms with van der Waals surface area (Å²) in [5, 5.41) is 4.00. The Morgan fingerprint density at radius 3 is 2.38 bits per heavy atom. The lowest BCUT2D eigenvalue weighted by Gasteiger charge is -2.31. The van der Waals surface area contributed by atoms with Crippen LogP contribution in [0.4, 0.5) is 10.5 Å². The number of anilines is 1. The summed E-state index contributed by atoms with van der Waals surface area (Å²) in [4.78, 5) is 14.8. The molecule has 2 aliphatic carbocycles. The van der Waals surface area contributed by atoms with Gasteiger partial charge in [-0.15, -0.1) is 0 Å². The molecule has 1 aromatic rings. The quantitative estimate of drug-likeness (QED) is 0.769. The summed E-state index contributed by atoms with van der Waals surface area (Å²) >= 11 is 0. The molecule has 29 heavy (non-hydrogen) atoms. The SMILES string of the molecule is CN1CCC[C@]1(C)C/C=C/S(=O)(=O)NC(=O)Nc1c2c(cc3c1CCC3)CCC2. The van der Waals surface area contributed by atoms with Crippen molar-refractivity contribution < 1.29 is 13.2 Å². The topological polar surface area (TPSA) is 78.5 Å². The lowest BCUT2D eigenvalue weighted by molar-refractivity contribution is 0.198. The summed E-state index contributed by atoms with van der Waals surface area (Å²) in [7, 11) is -1.76. The van der Waals surface area contributed by atoms with Gasteiger partial charge in [-0.1, -0.05) is 12.1 Å². The Hall–Kier alpha value is -1.86. The number of carbonyl (C=O) groups is 1. The van der Waals surface area contributed by atoms with Crippen LogP contribution in [-0.2, 0) is 35.7 Å². The van der Waals surface area contributed by atoms with Crippen molar-refractivity contribution >= 4 is 21.7 Å². The third kappa shape index (κ3) is 4.21. The van der Waals surface area contributed by atoms with Crippen molar-refractivity contribution in [1.82, 2.24) is 9.62 Å². The number of amides is 2. The van der Waals surface area contributed by atoms with Crippen molar-refractivity contribution in [2.24, 2.45) is 0 Å². The number of aryl methyl sites for hydroxylation is 2. The standard InChI is InChI=1S/C22H31N3O3S/c1-22(11-5-13-25(22)2)12-6-14-29(27,28)24-21(26)23-20-18-9-3-7-16(18)15-17-8-4-10-19(17)20/h6,14-15H,3-5,7-13H2,1-2H3,(H2,23,24,26)/b14-6+/t22-/m1/s1. The third-order valence-electron chi connectivity index (χ3n) is 6.91. The van der Waals surface area contributed by atoms with E-state index in [4.69, 9.17) is 0 Å². The number of nitrogens with zero attached hydrogens (tertiary/aromatic N) is 1. The number of carbonyl (C=O) groups excluding carboxylic acids is 1. The van der Waals surface area contributed by atoms with Crippen LogP contribution in [0.5, 0.6) is 0 Å². The van der Waals surface area contributed by atoms with Crippen LogP contribution in [0.3, 0.4) is 0 Å². The predicted octanol–water partition coefficient (Wildman–Crippen LogP) is 3.50. The molecule has 1 heterocycles. The predicted molar refractivity (Wildman–Crippen MR) is 116 cm³/mol. The summed E-state index contributed by atoms with van der Waals surface area (Å²) in [5.74, 6) is 0. The normalized spacial score (nSPS) is 24.1. The molecule has 1 fully saturated rings. The van der Waals surface area contributed by atoms with E-state index in [2.05, 4.69) is 35.0 Å². The molecule has 0 aromatic heterocycles. The first kappa shape index (κ1) is 20.4. The van der Waals surface area contributed by atoms with Gasteiger partial charge in [0.05, 0.1) is 0 Å². The number of likely N-dealkylation sites (tertiary alicyclic amines) is 1. The first-order valence-electron chi connectivity index (χ1n) is 10.7. The van der Waals surface area contributed by atoms with E-state index < -0.39 is 16.1 Å². The van der Waals surface area contributed by atoms with Crippen molar-refractivity contribution in [3.05, 3.63) is 39.8 Å². The molecule has 1 aliphatic heterocycles. The Kier molecular flexibility index (Phi) is 5.46. The van der Waals surface area contributed by atoms with Crippen molar-refractivity contribution in [3.63, 3.8) is 0 Å². The molecule has 0 saturated carbocycles. The second-order valence-corrected chi connectivity index (χ2v) is 10.5. The van der Waals surface area contributed by atoms with Crippen LogP contribution >= 0.6 is 0 Å². The van der Waals surface area contributed by atoms with E-state index in [1.54, 1.807) is 6.08 Å². The van der Waals surface area contributed by atoms with Crippen molar-refractivity contribution in [2.45, 2.75) is 70.3 Å². The molecular weight excluding hydrogens is 386 g/mol. The summed E-state index contributed by atoms with van der Waals surface area (Å²) in [6.45, 7) is 3.18. The number of sulfonamides is 1. The molecule has 1 aromatic carbocycles. The zero-order valence-corrected chi connectivity index (χ0v) is 18.2. The van der Waals surface area contributed by atoms with E-state index in [0.717, 1.165) is 69.0 Å². The van der Waals surface area contributed by atoms with Crippen molar-refractivity contribution in [2.75, 3.05) is 18.9 Å². The fourth-order valence-corrected chi connectivity index (χ4v) is 5.84. The smallest absolute Gasteiger partial charge is 0.307 e. The van der Waals surface area contributed by atoms with Crippen LogP contribution in [0.15, 0.2) is 17.6 Å². The highest BCUT2D eigenvalue weighted by molar-refractivity contribution is 7.92. The van der Waals surface area contributed by atoms with E-state index in [0.29, 0.717) is 6.42 Å². The maximum absolute atomic E-state index is 12.5. The Balaban J connectivity index is 1.43. The number of rotatable bonds is 5. The molecule has 158 valence electrons. The minimum atomic E-state index is -3.83. The van der Waals surface area contributed by atoms with Gasteiger partial charge in [-0.2, -0.15) is 0 Å². The minimum Gasteiger partial charge on any atom is -0.307 e. The molecule has 0 bridgehead atoms. The average molecular weight is 418 g/mol. The van der Waals surface area contributed by atoms with E-state index in [1.807, 2.05) is 0 Å². The maximum atomic E-state index is 12.5. The highest BCUT2D eigenvalue weighted by Gasteiger charge is 2.32. The maximum Gasteiger partial charge on any atom is 0.333 e. The monoisotopic (exact) mass is 417 g/mol.